The van der Waals surface area contributed by atoms with Gasteiger partial charge < -0.3 is 0 Å². The third-order valence-electron chi connectivity index (χ3n) is 5.64. The molecule has 1 aromatic rings. The van der Waals surface area contributed by atoms with Crippen LogP contribution in [0.2, 0.25) is 0 Å². The highest BCUT2D eigenvalue weighted by Gasteiger charge is 2.62. The van der Waals surface area contributed by atoms with Crippen LogP contribution in [0, 0.1) is 5.92 Å². The van der Waals surface area contributed by atoms with E-state index in [1.807, 2.05) is 12.1 Å². The van der Waals surface area contributed by atoms with E-state index in [4.69, 9.17) is 0 Å². The van der Waals surface area contributed by atoms with Crippen LogP contribution in [0.1, 0.15) is 81.8 Å². The molecular formula is C21H29F5. The number of hydrogen-bond acceptors (Lipinski definition) is 0. The average Bonchev–Trinajstić information content (AvgIpc) is 2.61. The number of aryl methyl sites for hydroxylation is 1. The van der Waals surface area contributed by atoms with Crippen LogP contribution in [0.25, 0.3) is 0 Å². The standard InChI is InChI=1S/C21H29F5/c1-2-3-4-5-6-7-16-8-10-17(11-9-16)18-12-14-19(15-13-18)20(22,23)21(24,25)26/h8-11,18-19H,2-7,12-15H2,1H3. The van der Waals surface area contributed by atoms with E-state index >= 15 is 0 Å². The maximum atomic E-state index is 13.5. The van der Waals surface area contributed by atoms with Crippen molar-refractivity contribution in [2.45, 2.75) is 89.1 Å². The summed E-state index contributed by atoms with van der Waals surface area (Å²) in [4.78, 5) is 0. The molecule has 0 N–H and O–H groups in total. The Bertz CT molecular complexity index is 524. The van der Waals surface area contributed by atoms with Crippen molar-refractivity contribution in [2.75, 3.05) is 0 Å². The highest BCUT2D eigenvalue weighted by Crippen LogP contribution is 2.49. The zero-order chi connectivity index (χ0) is 19.2. The third kappa shape index (κ3) is 5.43. The zero-order valence-electron chi connectivity index (χ0n) is 15.4. The van der Waals surface area contributed by atoms with Crippen molar-refractivity contribution in [3.05, 3.63) is 35.4 Å². The molecule has 5 heteroatoms. The average molecular weight is 376 g/mol. The fourth-order valence-corrected chi connectivity index (χ4v) is 3.91. The van der Waals surface area contributed by atoms with Crippen molar-refractivity contribution < 1.29 is 22.0 Å². The van der Waals surface area contributed by atoms with Crippen LogP contribution in [0.4, 0.5) is 22.0 Å². The van der Waals surface area contributed by atoms with Gasteiger partial charge in [-0.25, -0.2) is 0 Å². The van der Waals surface area contributed by atoms with Gasteiger partial charge in [0.15, 0.2) is 0 Å². The fourth-order valence-electron chi connectivity index (χ4n) is 3.91. The highest BCUT2D eigenvalue weighted by atomic mass is 19.4. The fraction of sp³-hybridized carbons (Fsp3) is 0.714. The Morgan fingerprint density at radius 1 is 0.808 bits per heavy atom. The Morgan fingerprint density at radius 3 is 1.92 bits per heavy atom. The van der Waals surface area contributed by atoms with Gasteiger partial charge in [0.2, 0.25) is 0 Å². The number of hydrogen-bond donors (Lipinski definition) is 0. The summed E-state index contributed by atoms with van der Waals surface area (Å²) in [6.45, 7) is 2.19. The summed E-state index contributed by atoms with van der Waals surface area (Å²) < 4.78 is 64.4. The van der Waals surface area contributed by atoms with Gasteiger partial charge in [-0.1, -0.05) is 56.9 Å². The summed E-state index contributed by atoms with van der Waals surface area (Å²) in [5.41, 5.74) is 2.33. The SMILES string of the molecule is CCCCCCCc1ccc(C2CCC(C(F)(F)C(F)(F)F)CC2)cc1. The Morgan fingerprint density at radius 2 is 1.38 bits per heavy atom. The molecule has 0 spiro atoms. The second-order valence-corrected chi connectivity index (χ2v) is 7.58. The largest absolute Gasteiger partial charge is 0.453 e. The molecule has 26 heavy (non-hydrogen) atoms. The minimum Gasteiger partial charge on any atom is -0.196 e. The monoisotopic (exact) mass is 376 g/mol. The number of unbranched alkanes of at least 4 members (excludes halogenated alkanes) is 4. The molecule has 1 saturated carbocycles. The topological polar surface area (TPSA) is 0 Å². The quantitative estimate of drug-likeness (QED) is 0.322. The maximum absolute atomic E-state index is 13.5. The van der Waals surface area contributed by atoms with E-state index in [1.54, 1.807) is 0 Å². The Balaban J connectivity index is 1.82. The molecule has 0 saturated heterocycles. The lowest BCUT2D eigenvalue weighted by atomic mass is 9.76. The van der Waals surface area contributed by atoms with Crippen molar-refractivity contribution in [2.24, 2.45) is 5.92 Å². The number of alkyl halides is 5. The minimum absolute atomic E-state index is 0.0731. The van der Waals surface area contributed by atoms with Crippen molar-refractivity contribution in [1.29, 1.82) is 0 Å². The van der Waals surface area contributed by atoms with Gasteiger partial charge >= 0.3 is 12.1 Å². The summed E-state index contributed by atoms with van der Waals surface area (Å²) >= 11 is 0. The Hall–Kier alpha value is -1.13. The van der Waals surface area contributed by atoms with E-state index in [2.05, 4.69) is 19.1 Å². The molecule has 0 atom stereocenters. The van der Waals surface area contributed by atoms with Crippen molar-refractivity contribution in [1.82, 2.24) is 0 Å². The van der Waals surface area contributed by atoms with E-state index in [-0.39, 0.29) is 18.8 Å². The van der Waals surface area contributed by atoms with E-state index in [0.29, 0.717) is 12.8 Å². The lowest BCUT2D eigenvalue weighted by molar-refractivity contribution is -0.305. The molecule has 0 heterocycles. The molecule has 0 bridgehead atoms. The first-order valence-electron chi connectivity index (χ1n) is 9.79. The van der Waals surface area contributed by atoms with Gasteiger partial charge in [0.1, 0.15) is 0 Å². The first-order valence-corrected chi connectivity index (χ1v) is 9.79. The van der Waals surface area contributed by atoms with Crippen LogP contribution >= 0.6 is 0 Å². The lowest BCUT2D eigenvalue weighted by Crippen LogP contribution is -2.44. The number of benzene rings is 1. The lowest BCUT2D eigenvalue weighted by Gasteiger charge is -2.34. The minimum atomic E-state index is -5.44. The highest BCUT2D eigenvalue weighted by molar-refractivity contribution is 5.26. The predicted molar refractivity (Wildman–Crippen MR) is 94.6 cm³/mol. The van der Waals surface area contributed by atoms with Crippen LogP contribution in [0.3, 0.4) is 0 Å². The normalized spacial score (nSPS) is 21.8. The molecule has 0 radical (unpaired) electrons. The number of halogens is 5. The third-order valence-corrected chi connectivity index (χ3v) is 5.64. The van der Waals surface area contributed by atoms with Gasteiger partial charge in [-0.05, 0) is 55.6 Å². The molecule has 1 aliphatic carbocycles. The summed E-state index contributed by atoms with van der Waals surface area (Å²) in [7, 11) is 0. The van der Waals surface area contributed by atoms with Gasteiger partial charge in [-0.2, -0.15) is 22.0 Å². The molecule has 1 aromatic carbocycles. The van der Waals surface area contributed by atoms with Gasteiger partial charge in [0.05, 0.1) is 0 Å². The van der Waals surface area contributed by atoms with Crippen LogP contribution in [-0.4, -0.2) is 12.1 Å². The van der Waals surface area contributed by atoms with E-state index < -0.39 is 18.0 Å². The molecule has 0 unspecified atom stereocenters. The molecule has 0 aromatic heterocycles. The Kier molecular flexibility index (Phi) is 7.48. The van der Waals surface area contributed by atoms with Crippen LogP contribution in [0.5, 0.6) is 0 Å². The zero-order valence-corrected chi connectivity index (χ0v) is 15.4. The van der Waals surface area contributed by atoms with Crippen LogP contribution in [-0.2, 0) is 6.42 Å². The van der Waals surface area contributed by atoms with Gasteiger partial charge in [0.25, 0.3) is 0 Å². The molecule has 0 nitrogen and oxygen atoms in total. The summed E-state index contributed by atoms with van der Waals surface area (Å²) in [5.74, 6) is -6.06. The van der Waals surface area contributed by atoms with Gasteiger partial charge in [-0.3, -0.25) is 0 Å². The second kappa shape index (κ2) is 9.18. The Labute approximate surface area is 153 Å². The van der Waals surface area contributed by atoms with Gasteiger partial charge in [-0.15, -0.1) is 0 Å². The van der Waals surface area contributed by atoms with Crippen molar-refractivity contribution in [3.8, 4) is 0 Å². The molecule has 1 aliphatic rings. The molecular weight excluding hydrogens is 347 g/mol. The summed E-state index contributed by atoms with van der Waals surface area (Å²) in [6, 6.07) is 8.19. The van der Waals surface area contributed by atoms with Crippen molar-refractivity contribution >= 4 is 0 Å². The van der Waals surface area contributed by atoms with Crippen LogP contribution in [0.15, 0.2) is 24.3 Å². The summed E-state index contributed by atoms with van der Waals surface area (Å²) in [5, 5.41) is 0. The first-order chi connectivity index (χ1) is 12.3. The van der Waals surface area contributed by atoms with E-state index in [0.717, 1.165) is 18.4 Å². The van der Waals surface area contributed by atoms with E-state index in [9.17, 15) is 22.0 Å². The smallest absolute Gasteiger partial charge is 0.196 e. The molecule has 148 valence electrons. The summed E-state index contributed by atoms with van der Waals surface area (Å²) in [6.07, 6.45) is 2.40. The van der Waals surface area contributed by atoms with Crippen LogP contribution < -0.4 is 0 Å². The molecule has 1 fully saturated rings. The first kappa shape index (κ1) is 21.2. The molecule has 2 rings (SSSR count). The number of rotatable bonds is 8. The van der Waals surface area contributed by atoms with Crippen molar-refractivity contribution in [3.63, 3.8) is 0 Å². The molecule has 0 amide bonds. The predicted octanol–water partition coefficient (Wildman–Crippen LogP) is 7.67. The second-order valence-electron chi connectivity index (χ2n) is 7.58. The molecule has 0 aliphatic heterocycles. The maximum Gasteiger partial charge on any atom is 0.453 e. The van der Waals surface area contributed by atoms with E-state index in [1.165, 1.54) is 31.2 Å². The van der Waals surface area contributed by atoms with Gasteiger partial charge in [0, 0.05) is 5.92 Å².